The molecule has 2 atom stereocenters. The predicted octanol–water partition coefficient (Wildman–Crippen LogP) is 2.90. The molecular formula is C10H13BrN2. The first-order chi connectivity index (χ1) is 6.38. The predicted molar refractivity (Wildman–Crippen MR) is 56.0 cm³/mol. The average Bonchev–Trinajstić information content (AvgIpc) is 2.20. The number of alkyl halides is 1. The van der Waals surface area contributed by atoms with Gasteiger partial charge in [0.1, 0.15) is 6.33 Å². The van der Waals surface area contributed by atoms with Gasteiger partial charge in [-0.25, -0.2) is 9.97 Å². The fourth-order valence-corrected chi connectivity index (χ4v) is 2.86. The maximum Gasteiger partial charge on any atom is 0.115 e. The highest BCUT2D eigenvalue weighted by atomic mass is 79.9. The van der Waals surface area contributed by atoms with Gasteiger partial charge in [0.15, 0.2) is 0 Å². The van der Waals surface area contributed by atoms with Gasteiger partial charge < -0.3 is 0 Å². The molecule has 1 fully saturated rings. The Hall–Kier alpha value is -0.440. The fourth-order valence-electron chi connectivity index (χ4n) is 1.96. The summed E-state index contributed by atoms with van der Waals surface area (Å²) in [4.78, 5) is 8.74. The Bertz CT molecular complexity index is 263. The van der Waals surface area contributed by atoms with Gasteiger partial charge in [-0.15, -0.1) is 0 Å². The van der Waals surface area contributed by atoms with E-state index in [4.69, 9.17) is 0 Å². The van der Waals surface area contributed by atoms with E-state index in [2.05, 4.69) is 25.9 Å². The number of halogens is 1. The number of hydrogen-bond donors (Lipinski definition) is 0. The van der Waals surface area contributed by atoms with Crippen LogP contribution in [0.25, 0.3) is 0 Å². The highest BCUT2D eigenvalue weighted by Crippen LogP contribution is 2.36. The molecule has 0 N–H and O–H groups in total. The quantitative estimate of drug-likeness (QED) is 0.706. The Morgan fingerprint density at radius 3 is 2.54 bits per heavy atom. The molecule has 0 saturated heterocycles. The summed E-state index contributed by atoms with van der Waals surface area (Å²) >= 11 is 3.74. The highest BCUT2D eigenvalue weighted by molar-refractivity contribution is 9.09. The second-order valence-corrected chi connectivity index (χ2v) is 4.75. The van der Waals surface area contributed by atoms with Crippen molar-refractivity contribution in [1.29, 1.82) is 0 Å². The summed E-state index contributed by atoms with van der Waals surface area (Å²) in [6, 6.07) is 0. The minimum absolute atomic E-state index is 0.618. The number of nitrogens with zero attached hydrogens (tertiary/aromatic N) is 2. The molecule has 1 aromatic heterocycles. The van der Waals surface area contributed by atoms with E-state index in [1.807, 2.05) is 12.4 Å². The number of aromatic nitrogens is 2. The molecule has 1 heterocycles. The van der Waals surface area contributed by atoms with Crippen molar-refractivity contribution in [1.82, 2.24) is 9.97 Å². The summed E-state index contributed by atoms with van der Waals surface area (Å²) in [7, 11) is 0. The Morgan fingerprint density at radius 2 is 1.85 bits per heavy atom. The molecule has 1 aliphatic rings. The van der Waals surface area contributed by atoms with Crippen molar-refractivity contribution in [3.63, 3.8) is 0 Å². The van der Waals surface area contributed by atoms with Crippen LogP contribution in [0.5, 0.6) is 0 Å². The lowest BCUT2D eigenvalue weighted by Gasteiger charge is -2.26. The van der Waals surface area contributed by atoms with Gasteiger partial charge in [-0.05, 0) is 24.3 Å². The van der Waals surface area contributed by atoms with Crippen molar-refractivity contribution in [3.8, 4) is 0 Å². The molecule has 0 aliphatic heterocycles. The van der Waals surface area contributed by atoms with Crippen LogP contribution in [0.4, 0.5) is 0 Å². The molecule has 1 aliphatic carbocycles. The second-order valence-electron chi connectivity index (χ2n) is 3.58. The van der Waals surface area contributed by atoms with E-state index in [-0.39, 0.29) is 0 Å². The minimum atomic E-state index is 0.618. The van der Waals surface area contributed by atoms with Crippen molar-refractivity contribution >= 4 is 15.9 Å². The first-order valence-electron chi connectivity index (χ1n) is 4.77. The molecule has 1 saturated carbocycles. The molecule has 70 valence electrons. The molecule has 3 heteroatoms. The van der Waals surface area contributed by atoms with E-state index in [0.717, 1.165) is 0 Å². The standard InChI is InChI=1S/C10H13BrN2/c11-10-4-2-1-3-9(10)8-5-12-7-13-6-8/h5-7,9-10H,1-4H2. The molecule has 2 unspecified atom stereocenters. The van der Waals surface area contributed by atoms with Crippen LogP contribution < -0.4 is 0 Å². The lowest BCUT2D eigenvalue weighted by molar-refractivity contribution is 0.459. The van der Waals surface area contributed by atoms with Gasteiger partial charge in [0.25, 0.3) is 0 Å². The third-order valence-electron chi connectivity index (χ3n) is 2.69. The largest absolute Gasteiger partial charge is 0.245 e. The topological polar surface area (TPSA) is 25.8 Å². The minimum Gasteiger partial charge on any atom is -0.245 e. The van der Waals surface area contributed by atoms with Gasteiger partial charge in [0.2, 0.25) is 0 Å². The van der Waals surface area contributed by atoms with E-state index in [0.29, 0.717) is 10.7 Å². The van der Waals surface area contributed by atoms with Crippen LogP contribution in [0.3, 0.4) is 0 Å². The van der Waals surface area contributed by atoms with Crippen molar-refractivity contribution in [2.45, 2.75) is 36.4 Å². The summed E-state index contributed by atoms with van der Waals surface area (Å²) in [5.41, 5.74) is 1.28. The molecule has 2 rings (SSSR count). The van der Waals surface area contributed by atoms with Crippen LogP contribution in [-0.2, 0) is 0 Å². The highest BCUT2D eigenvalue weighted by Gasteiger charge is 2.24. The van der Waals surface area contributed by atoms with Crippen molar-refractivity contribution in [2.24, 2.45) is 0 Å². The van der Waals surface area contributed by atoms with Crippen molar-refractivity contribution < 1.29 is 0 Å². The number of hydrogen-bond acceptors (Lipinski definition) is 2. The van der Waals surface area contributed by atoms with Crippen LogP contribution in [0.1, 0.15) is 37.2 Å². The van der Waals surface area contributed by atoms with Gasteiger partial charge in [0, 0.05) is 17.2 Å². The van der Waals surface area contributed by atoms with Crippen molar-refractivity contribution in [2.75, 3.05) is 0 Å². The normalized spacial score (nSPS) is 28.7. The zero-order chi connectivity index (χ0) is 9.10. The molecule has 1 aromatic rings. The maximum absolute atomic E-state index is 4.06. The van der Waals surface area contributed by atoms with E-state index in [9.17, 15) is 0 Å². The van der Waals surface area contributed by atoms with Crippen LogP contribution in [0.15, 0.2) is 18.7 Å². The molecule has 0 bridgehead atoms. The Balaban J connectivity index is 2.15. The summed E-state index contributed by atoms with van der Waals surface area (Å²) in [6.45, 7) is 0. The number of rotatable bonds is 1. The Labute approximate surface area is 86.9 Å². The molecule has 0 spiro atoms. The first kappa shape index (κ1) is 9.13. The third-order valence-corrected chi connectivity index (χ3v) is 3.79. The first-order valence-corrected chi connectivity index (χ1v) is 5.68. The summed E-state index contributed by atoms with van der Waals surface area (Å²) < 4.78 is 0. The molecule has 0 radical (unpaired) electrons. The van der Waals surface area contributed by atoms with Crippen LogP contribution in [0, 0.1) is 0 Å². The summed E-state index contributed by atoms with van der Waals surface area (Å²) in [6.07, 6.45) is 10.7. The van der Waals surface area contributed by atoms with Gasteiger partial charge in [0.05, 0.1) is 0 Å². The van der Waals surface area contributed by atoms with Gasteiger partial charge >= 0.3 is 0 Å². The van der Waals surface area contributed by atoms with Gasteiger partial charge in [-0.2, -0.15) is 0 Å². The zero-order valence-corrected chi connectivity index (χ0v) is 9.07. The van der Waals surface area contributed by atoms with Gasteiger partial charge in [-0.1, -0.05) is 28.8 Å². The zero-order valence-electron chi connectivity index (χ0n) is 7.49. The van der Waals surface area contributed by atoms with E-state index < -0.39 is 0 Å². The van der Waals surface area contributed by atoms with Gasteiger partial charge in [-0.3, -0.25) is 0 Å². The lowest BCUT2D eigenvalue weighted by atomic mass is 9.85. The van der Waals surface area contributed by atoms with E-state index in [1.165, 1.54) is 31.2 Å². The van der Waals surface area contributed by atoms with Crippen LogP contribution in [-0.4, -0.2) is 14.8 Å². The Kier molecular flexibility index (Phi) is 2.94. The summed E-state index contributed by atoms with van der Waals surface area (Å²) in [5, 5.41) is 0. The van der Waals surface area contributed by atoms with E-state index in [1.54, 1.807) is 6.33 Å². The lowest BCUT2D eigenvalue weighted by Crippen LogP contribution is -2.17. The molecular weight excluding hydrogens is 228 g/mol. The second kappa shape index (κ2) is 4.18. The third kappa shape index (κ3) is 2.08. The molecule has 2 nitrogen and oxygen atoms in total. The molecule has 0 aromatic carbocycles. The average molecular weight is 241 g/mol. The smallest absolute Gasteiger partial charge is 0.115 e. The van der Waals surface area contributed by atoms with Crippen LogP contribution in [0.2, 0.25) is 0 Å². The SMILES string of the molecule is BrC1CCCCC1c1cncnc1. The molecule has 13 heavy (non-hydrogen) atoms. The summed E-state index contributed by atoms with van der Waals surface area (Å²) in [5.74, 6) is 0.620. The Morgan fingerprint density at radius 1 is 1.15 bits per heavy atom. The van der Waals surface area contributed by atoms with Crippen LogP contribution >= 0.6 is 15.9 Å². The maximum atomic E-state index is 4.06. The fraction of sp³-hybridized carbons (Fsp3) is 0.600. The monoisotopic (exact) mass is 240 g/mol. The van der Waals surface area contributed by atoms with Crippen molar-refractivity contribution in [3.05, 3.63) is 24.3 Å². The molecule has 0 amide bonds. The van der Waals surface area contributed by atoms with E-state index >= 15 is 0 Å².